The lowest BCUT2D eigenvalue weighted by molar-refractivity contribution is 0.283. The van der Waals surface area contributed by atoms with Crippen molar-refractivity contribution in [2.45, 2.75) is 13.2 Å². The quantitative estimate of drug-likeness (QED) is 0.472. The lowest BCUT2D eigenvalue weighted by Gasteiger charge is -2.03. The van der Waals surface area contributed by atoms with Crippen molar-refractivity contribution in [1.29, 1.82) is 0 Å². The summed E-state index contributed by atoms with van der Waals surface area (Å²) in [5.41, 5.74) is 1.76. The van der Waals surface area contributed by atoms with Gasteiger partial charge in [0.1, 0.15) is 17.9 Å². The number of aliphatic hydroxyl groups is 1. The summed E-state index contributed by atoms with van der Waals surface area (Å²) in [4.78, 5) is 17.5. The van der Waals surface area contributed by atoms with Crippen LogP contribution in [0.3, 0.4) is 0 Å². The van der Waals surface area contributed by atoms with Crippen LogP contribution in [-0.2, 0) is 13.2 Å². The van der Waals surface area contributed by atoms with Crippen molar-refractivity contribution in [3.05, 3.63) is 94.6 Å². The van der Waals surface area contributed by atoms with Crippen molar-refractivity contribution in [2.75, 3.05) is 0 Å². The predicted octanol–water partition coefficient (Wildman–Crippen LogP) is 2.89. The number of aromatic nitrogens is 5. The molecule has 5 aromatic rings. The molecule has 31 heavy (non-hydrogen) atoms. The molecule has 0 aliphatic rings. The number of halogens is 1. The fourth-order valence-electron chi connectivity index (χ4n) is 3.46. The van der Waals surface area contributed by atoms with E-state index in [1.807, 2.05) is 30.3 Å². The van der Waals surface area contributed by atoms with Gasteiger partial charge >= 0.3 is 0 Å². The standard InChI is InChI=1S/C22H16FN5O3/c23-16-8-4-7-15(11-16)19-17(13-29)20-22(30)27(9-10-28(20)25-19)12-18-24-21(26-31-18)14-5-2-1-3-6-14/h1-11,29H,12-13H2. The van der Waals surface area contributed by atoms with Crippen LogP contribution in [0.2, 0.25) is 0 Å². The third-order valence-electron chi connectivity index (χ3n) is 4.92. The molecule has 0 saturated heterocycles. The summed E-state index contributed by atoms with van der Waals surface area (Å²) in [6.07, 6.45) is 3.14. The van der Waals surface area contributed by atoms with Crippen LogP contribution in [0.5, 0.6) is 0 Å². The van der Waals surface area contributed by atoms with Crippen LogP contribution in [0.25, 0.3) is 28.2 Å². The average Bonchev–Trinajstić information content (AvgIpc) is 3.41. The minimum absolute atomic E-state index is 0.0561. The Morgan fingerprint density at radius 3 is 2.61 bits per heavy atom. The molecule has 0 fully saturated rings. The first-order valence-electron chi connectivity index (χ1n) is 9.49. The van der Waals surface area contributed by atoms with Gasteiger partial charge in [-0.25, -0.2) is 8.91 Å². The maximum Gasteiger partial charge on any atom is 0.277 e. The second-order valence-electron chi connectivity index (χ2n) is 6.90. The summed E-state index contributed by atoms with van der Waals surface area (Å²) >= 11 is 0. The van der Waals surface area contributed by atoms with E-state index in [0.717, 1.165) is 5.56 Å². The van der Waals surface area contributed by atoms with Gasteiger partial charge in [0.2, 0.25) is 11.7 Å². The highest BCUT2D eigenvalue weighted by molar-refractivity contribution is 5.72. The Balaban J connectivity index is 1.55. The number of nitrogens with zero attached hydrogens (tertiary/aromatic N) is 5. The van der Waals surface area contributed by atoms with Crippen LogP contribution in [0.15, 0.2) is 76.3 Å². The second-order valence-corrected chi connectivity index (χ2v) is 6.90. The monoisotopic (exact) mass is 417 g/mol. The third-order valence-corrected chi connectivity index (χ3v) is 4.92. The highest BCUT2D eigenvalue weighted by atomic mass is 19.1. The topological polar surface area (TPSA) is 98.4 Å². The van der Waals surface area contributed by atoms with Gasteiger partial charge in [-0.1, -0.05) is 47.6 Å². The molecule has 154 valence electrons. The first-order valence-corrected chi connectivity index (χ1v) is 9.49. The lowest BCUT2D eigenvalue weighted by atomic mass is 10.1. The van der Waals surface area contributed by atoms with Gasteiger partial charge in [0, 0.05) is 29.1 Å². The van der Waals surface area contributed by atoms with Crippen molar-refractivity contribution in [3.8, 4) is 22.6 Å². The number of fused-ring (bicyclic) bond motifs is 1. The molecule has 5 rings (SSSR count). The van der Waals surface area contributed by atoms with Gasteiger partial charge < -0.3 is 14.2 Å². The Hall–Kier alpha value is -4.11. The molecule has 3 heterocycles. The Kier molecular flexibility index (Phi) is 4.64. The molecule has 0 atom stereocenters. The van der Waals surface area contributed by atoms with Crippen molar-refractivity contribution in [3.63, 3.8) is 0 Å². The van der Waals surface area contributed by atoms with E-state index in [2.05, 4.69) is 15.2 Å². The highest BCUT2D eigenvalue weighted by Gasteiger charge is 2.19. The summed E-state index contributed by atoms with van der Waals surface area (Å²) in [7, 11) is 0. The van der Waals surface area contributed by atoms with Crippen LogP contribution < -0.4 is 5.56 Å². The molecular weight excluding hydrogens is 401 g/mol. The molecule has 3 aromatic heterocycles. The van der Waals surface area contributed by atoms with Crippen LogP contribution in [-0.4, -0.2) is 29.4 Å². The third kappa shape index (κ3) is 3.40. The minimum Gasteiger partial charge on any atom is -0.392 e. The van der Waals surface area contributed by atoms with Crippen molar-refractivity contribution < 1.29 is 14.0 Å². The summed E-state index contributed by atoms with van der Waals surface area (Å²) in [5.74, 6) is 0.265. The molecule has 1 N–H and O–H groups in total. The van der Waals surface area contributed by atoms with Crippen molar-refractivity contribution in [2.24, 2.45) is 0 Å². The molecule has 0 saturated carbocycles. The smallest absolute Gasteiger partial charge is 0.277 e. The zero-order chi connectivity index (χ0) is 21.4. The zero-order valence-corrected chi connectivity index (χ0v) is 16.1. The minimum atomic E-state index is -0.429. The molecule has 0 aliphatic carbocycles. The highest BCUT2D eigenvalue weighted by Crippen LogP contribution is 2.25. The van der Waals surface area contributed by atoms with Crippen LogP contribution in [0.1, 0.15) is 11.5 Å². The predicted molar refractivity (Wildman–Crippen MR) is 110 cm³/mol. The van der Waals surface area contributed by atoms with Gasteiger partial charge in [-0.3, -0.25) is 4.79 Å². The summed E-state index contributed by atoms with van der Waals surface area (Å²) in [5, 5.41) is 18.3. The lowest BCUT2D eigenvalue weighted by Crippen LogP contribution is -2.22. The second kappa shape index (κ2) is 7.62. The first-order chi connectivity index (χ1) is 15.1. The van der Waals surface area contributed by atoms with Gasteiger partial charge in [-0.2, -0.15) is 10.1 Å². The summed E-state index contributed by atoms with van der Waals surface area (Å²) < 4.78 is 21.7. The Bertz CT molecular complexity index is 1440. The molecule has 0 radical (unpaired) electrons. The Labute approximate surface area is 174 Å². The Morgan fingerprint density at radius 1 is 1.03 bits per heavy atom. The summed E-state index contributed by atoms with van der Waals surface area (Å²) in [6.45, 7) is -0.367. The van der Waals surface area contributed by atoms with Gasteiger partial charge in [-0.05, 0) is 12.1 Å². The number of rotatable bonds is 5. The van der Waals surface area contributed by atoms with E-state index in [9.17, 15) is 14.3 Å². The van der Waals surface area contributed by atoms with Gasteiger partial charge in [0.05, 0.1) is 12.3 Å². The van der Waals surface area contributed by atoms with E-state index >= 15 is 0 Å². The van der Waals surface area contributed by atoms with E-state index < -0.39 is 12.4 Å². The molecule has 0 unspecified atom stereocenters. The molecule has 2 aromatic carbocycles. The molecule has 8 nitrogen and oxygen atoms in total. The summed E-state index contributed by atoms with van der Waals surface area (Å²) in [6, 6.07) is 15.2. The fraction of sp³-hybridized carbons (Fsp3) is 0.0909. The molecule has 0 aliphatic heterocycles. The maximum absolute atomic E-state index is 13.7. The van der Waals surface area contributed by atoms with E-state index in [1.165, 1.54) is 21.2 Å². The van der Waals surface area contributed by atoms with Crippen LogP contribution >= 0.6 is 0 Å². The number of benzene rings is 2. The average molecular weight is 417 g/mol. The normalized spacial score (nSPS) is 11.3. The van der Waals surface area contributed by atoms with E-state index in [-0.39, 0.29) is 23.5 Å². The van der Waals surface area contributed by atoms with Crippen molar-refractivity contribution >= 4 is 5.52 Å². The molecule has 9 heteroatoms. The molecule has 0 bridgehead atoms. The van der Waals surface area contributed by atoms with Gasteiger partial charge in [-0.15, -0.1) is 0 Å². The molecule has 0 amide bonds. The van der Waals surface area contributed by atoms with Crippen LogP contribution in [0, 0.1) is 5.82 Å². The molecular formula is C22H16FN5O3. The maximum atomic E-state index is 13.7. The van der Waals surface area contributed by atoms with E-state index in [0.29, 0.717) is 22.6 Å². The Morgan fingerprint density at radius 2 is 1.84 bits per heavy atom. The number of hydrogen-bond donors (Lipinski definition) is 1. The number of hydrogen-bond acceptors (Lipinski definition) is 6. The first kappa shape index (κ1) is 18.9. The van der Waals surface area contributed by atoms with Crippen LogP contribution in [0.4, 0.5) is 4.39 Å². The largest absolute Gasteiger partial charge is 0.392 e. The molecule has 0 spiro atoms. The van der Waals surface area contributed by atoms with Gasteiger partial charge in [0.25, 0.3) is 5.56 Å². The fourth-order valence-corrected chi connectivity index (χ4v) is 3.46. The number of aliphatic hydroxyl groups excluding tert-OH is 1. The van der Waals surface area contributed by atoms with Crippen molar-refractivity contribution in [1.82, 2.24) is 24.3 Å². The van der Waals surface area contributed by atoms with Gasteiger partial charge in [0.15, 0.2) is 0 Å². The SMILES string of the molecule is O=c1c2c(CO)c(-c3cccc(F)c3)nn2ccn1Cc1nc(-c2ccccc2)no1. The van der Waals surface area contributed by atoms with E-state index in [1.54, 1.807) is 24.5 Å². The zero-order valence-electron chi connectivity index (χ0n) is 16.1. The van der Waals surface area contributed by atoms with E-state index in [4.69, 9.17) is 4.52 Å².